The van der Waals surface area contributed by atoms with E-state index in [0.29, 0.717) is 12.4 Å². The third-order valence-electron chi connectivity index (χ3n) is 2.72. The molecule has 0 unspecified atom stereocenters. The van der Waals surface area contributed by atoms with Crippen LogP contribution in [0.25, 0.3) is 10.8 Å². The summed E-state index contributed by atoms with van der Waals surface area (Å²) < 4.78 is 10.1. The van der Waals surface area contributed by atoms with Crippen LogP contribution in [-0.4, -0.2) is 30.3 Å². The fourth-order valence-corrected chi connectivity index (χ4v) is 1.79. The average Bonchev–Trinajstić information content (AvgIpc) is 2.44. The number of carbonyl (C=O) groups excluding carboxylic acids is 1. The van der Waals surface area contributed by atoms with Gasteiger partial charge in [-0.25, -0.2) is 9.59 Å². The molecule has 0 bridgehead atoms. The molecule has 104 valence electrons. The molecule has 0 saturated heterocycles. The van der Waals surface area contributed by atoms with Crippen LogP contribution in [0.2, 0.25) is 0 Å². The van der Waals surface area contributed by atoms with Crippen LogP contribution in [0.3, 0.4) is 0 Å². The second kappa shape index (κ2) is 6.06. The van der Waals surface area contributed by atoms with E-state index in [2.05, 4.69) is 0 Å². The Morgan fingerprint density at radius 2 is 1.80 bits per heavy atom. The van der Waals surface area contributed by atoms with Crippen LogP contribution in [0.4, 0.5) is 0 Å². The molecule has 5 heteroatoms. The summed E-state index contributed by atoms with van der Waals surface area (Å²) in [5, 5.41) is 10.6. The minimum Gasteiger partial charge on any atom is -0.482 e. The largest absolute Gasteiger partial charge is 0.482 e. The molecule has 0 amide bonds. The first-order valence-corrected chi connectivity index (χ1v) is 6.15. The summed E-state index contributed by atoms with van der Waals surface area (Å²) in [5.74, 6) is -0.850. The Bertz CT molecular complexity index is 648. The van der Waals surface area contributed by atoms with Crippen molar-refractivity contribution in [2.75, 3.05) is 13.2 Å². The average molecular weight is 274 g/mol. The SMILES string of the molecule is CCOC(=O)COc1ccc2cc(C(=O)O)ccc2c1. The number of carboxylic acids is 1. The predicted molar refractivity (Wildman–Crippen MR) is 73.0 cm³/mol. The lowest BCUT2D eigenvalue weighted by Gasteiger charge is -2.07. The first-order chi connectivity index (χ1) is 9.60. The van der Waals surface area contributed by atoms with Gasteiger partial charge in [-0.1, -0.05) is 12.1 Å². The van der Waals surface area contributed by atoms with Gasteiger partial charge in [0.15, 0.2) is 6.61 Å². The van der Waals surface area contributed by atoms with Crippen molar-refractivity contribution in [3.63, 3.8) is 0 Å². The van der Waals surface area contributed by atoms with E-state index in [1.165, 1.54) is 6.07 Å². The van der Waals surface area contributed by atoms with Gasteiger partial charge in [0.25, 0.3) is 0 Å². The fourth-order valence-electron chi connectivity index (χ4n) is 1.79. The molecule has 0 heterocycles. The zero-order valence-electron chi connectivity index (χ0n) is 11.0. The van der Waals surface area contributed by atoms with Crippen LogP contribution < -0.4 is 4.74 Å². The van der Waals surface area contributed by atoms with Gasteiger partial charge < -0.3 is 14.6 Å². The molecular formula is C15H14O5. The number of rotatable bonds is 5. The van der Waals surface area contributed by atoms with E-state index >= 15 is 0 Å². The van der Waals surface area contributed by atoms with Crippen LogP contribution in [0.1, 0.15) is 17.3 Å². The van der Waals surface area contributed by atoms with Crippen molar-refractivity contribution in [3.8, 4) is 5.75 Å². The van der Waals surface area contributed by atoms with Crippen molar-refractivity contribution in [1.29, 1.82) is 0 Å². The molecule has 0 spiro atoms. The van der Waals surface area contributed by atoms with Crippen molar-refractivity contribution < 1.29 is 24.2 Å². The summed E-state index contributed by atoms with van der Waals surface area (Å²) in [6.45, 7) is 1.90. The quantitative estimate of drug-likeness (QED) is 0.848. The predicted octanol–water partition coefficient (Wildman–Crippen LogP) is 2.48. The topological polar surface area (TPSA) is 72.8 Å². The summed E-state index contributed by atoms with van der Waals surface area (Å²) in [4.78, 5) is 22.1. The zero-order valence-corrected chi connectivity index (χ0v) is 11.0. The number of hydrogen-bond acceptors (Lipinski definition) is 4. The zero-order chi connectivity index (χ0) is 14.5. The molecule has 0 radical (unpaired) electrons. The maximum Gasteiger partial charge on any atom is 0.344 e. The molecule has 20 heavy (non-hydrogen) atoms. The number of hydrogen-bond donors (Lipinski definition) is 1. The van der Waals surface area contributed by atoms with Gasteiger partial charge in [0.1, 0.15) is 5.75 Å². The van der Waals surface area contributed by atoms with E-state index in [0.717, 1.165) is 10.8 Å². The van der Waals surface area contributed by atoms with E-state index in [9.17, 15) is 9.59 Å². The van der Waals surface area contributed by atoms with E-state index in [-0.39, 0.29) is 12.2 Å². The molecule has 2 aromatic carbocycles. The van der Waals surface area contributed by atoms with Crippen molar-refractivity contribution in [1.82, 2.24) is 0 Å². The Morgan fingerprint density at radius 1 is 1.10 bits per heavy atom. The maximum atomic E-state index is 11.2. The summed E-state index contributed by atoms with van der Waals surface area (Å²) in [6, 6.07) is 10.0. The van der Waals surface area contributed by atoms with Crippen LogP contribution in [0, 0.1) is 0 Å². The molecule has 2 rings (SSSR count). The number of benzene rings is 2. The minimum absolute atomic E-state index is 0.146. The Kier molecular flexibility index (Phi) is 4.20. The molecule has 0 aliphatic rings. The van der Waals surface area contributed by atoms with Crippen LogP contribution in [0.15, 0.2) is 36.4 Å². The van der Waals surface area contributed by atoms with E-state index in [1.54, 1.807) is 37.3 Å². The summed E-state index contributed by atoms with van der Waals surface area (Å²) in [5.41, 5.74) is 0.234. The molecule has 1 N–H and O–H groups in total. The molecule has 0 fully saturated rings. The number of aromatic carboxylic acids is 1. The van der Waals surface area contributed by atoms with Crippen LogP contribution >= 0.6 is 0 Å². The molecular weight excluding hydrogens is 260 g/mol. The van der Waals surface area contributed by atoms with Gasteiger partial charge in [0.05, 0.1) is 12.2 Å². The Labute approximate surface area is 115 Å². The summed E-state index contributed by atoms with van der Waals surface area (Å²) in [6.07, 6.45) is 0. The highest BCUT2D eigenvalue weighted by atomic mass is 16.6. The first kappa shape index (κ1) is 13.9. The lowest BCUT2D eigenvalue weighted by molar-refractivity contribution is -0.145. The molecule has 5 nitrogen and oxygen atoms in total. The molecule has 0 saturated carbocycles. The standard InChI is InChI=1S/C15H14O5/c1-2-19-14(16)9-20-13-6-5-10-7-12(15(17)18)4-3-11(10)8-13/h3-8H,2,9H2,1H3,(H,17,18). The number of carboxylic acid groups (broad SMARTS) is 1. The normalized spacial score (nSPS) is 10.2. The smallest absolute Gasteiger partial charge is 0.344 e. The highest BCUT2D eigenvalue weighted by molar-refractivity contribution is 5.94. The highest BCUT2D eigenvalue weighted by Crippen LogP contribution is 2.22. The first-order valence-electron chi connectivity index (χ1n) is 6.15. The molecule has 0 aliphatic carbocycles. The van der Waals surface area contributed by atoms with Gasteiger partial charge in [-0.2, -0.15) is 0 Å². The molecule has 0 aromatic heterocycles. The molecule has 0 aliphatic heterocycles. The number of fused-ring (bicyclic) bond motifs is 1. The Balaban J connectivity index is 2.15. The third kappa shape index (κ3) is 3.26. The van der Waals surface area contributed by atoms with Gasteiger partial charge >= 0.3 is 11.9 Å². The number of esters is 1. The lowest BCUT2D eigenvalue weighted by Crippen LogP contribution is -2.14. The highest BCUT2D eigenvalue weighted by Gasteiger charge is 2.06. The third-order valence-corrected chi connectivity index (χ3v) is 2.72. The summed E-state index contributed by atoms with van der Waals surface area (Å²) in [7, 11) is 0. The maximum absolute atomic E-state index is 11.2. The Morgan fingerprint density at radius 3 is 2.50 bits per heavy atom. The van der Waals surface area contributed by atoms with Gasteiger partial charge in [0, 0.05) is 0 Å². The van der Waals surface area contributed by atoms with E-state index in [4.69, 9.17) is 14.6 Å². The molecule has 2 aromatic rings. The van der Waals surface area contributed by atoms with Gasteiger partial charge in [-0.15, -0.1) is 0 Å². The number of ether oxygens (including phenoxy) is 2. The van der Waals surface area contributed by atoms with Crippen LogP contribution in [-0.2, 0) is 9.53 Å². The van der Waals surface area contributed by atoms with E-state index < -0.39 is 11.9 Å². The van der Waals surface area contributed by atoms with Gasteiger partial charge in [-0.3, -0.25) is 0 Å². The van der Waals surface area contributed by atoms with E-state index in [1.807, 2.05) is 0 Å². The molecule has 0 atom stereocenters. The monoisotopic (exact) mass is 274 g/mol. The van der Waals surface area contributed by atoms with Crippen molar-refractivity contribution in [2.45, 2.75) is 6.92 Å². The Hall–Kier alpha value is -2.56. The van der Waals surface area contributed by atoms with Gasteiger partial charge in [-0.05, 0) is 42.0 Å². The van der Waals surface area contributed by atoms with Crippen LogP contribution in [0.5, 0.6) is 5.75 Å². The number of carbonyl (C=O) groups is 2. The summed E-state index contributed by atoms with van der Waals surface area (Å²) >= 11 is 0. The minimum atomic E-state index is -0.963. The van der Waals surface area contributed by atoms with Crippen molar-refractivity contribution >= 4 is 22.7 Å². The van der Waals surface area contributed by atoms with Gasteiger partial charge in [0.2, 0.25) is 0 Å². The second-order valence-electron chi connectivity index (χ2n) is 4.12. The second-order valence-corrected chi connectivity index (χ2v) is 4.12. The van der Waals surface area contributed by atoms with Crippen molar-refractivity contribution in [2.24, 2.45) is 0 Å². The fraction of sp³-hybridized carbons (Fsp3) is 0.200. The lowest BCUT2D eigenvalue weighted by atomic mass is 10.1. The van der Waals surface area contributed by atoms with Crippen molar-refractivity contribution in [3.05, 3.63) is 42.0 Å².